The minimum absolute atomic E-state index is 0.518. The molecule has 0 N–H and O–H groups in total. The Balaban J connectivity index is 2.18. The van der Waals surface area contributed by atoms with Gasteiger partial charge in [0.2, 0.25) is 0 Å². The third-order valence-corrected chi connectivity index (χ3v) is 2.56. The number of rotatable bonds is 1. The molecule has 0 saturated carbocycles. The largest absolute Gasteiger partial charge is 0.354 e. The summed E-state index contributed by atoms with van der Waals surface area (Å²) >= 11 is 5.94. The lowest BCUT2D eigenvalue weighted by Gasteiger charge is -2.27. The fourth-order valence-corrected chi connectivity index (χ4v) is 1.86. The molecular formula is C9H12ClN3. The summed E-state index contributed by atoms with van der Waals surface area (Å²) in [6.07, 6.45) is 7.08. The number of hydrogen-bond donors (Lipinski definition) is 0. The van der Waals surface area contributed by atoms with Crippen LogP contribution in [0.4, 0.5) is 5.82 Å². The van der Waals surface area contributed by atoms with Crippen LogP contribution in [0.5, 0.6) is 0 Å². The SMILES string of the molecule is Clc1nccnc1N1CCCCC1. The summed E-state index contributed by atoms with van der Waals surface area (Å²) in [6.45, 7) is 2.11. The highest BCUT2D eigenvalue weighted by molar-refractivity contribution is 6.31. The zero-order chi connectivity index (χ0) is 9.10. The lowest BCUT2D eigenvalue weighted by Crippen LogP contribution is -2.30. The maximum Gasteiger partial charge on any atom is 0.171 e. The zero-order valence-corrected chi connectivity index (χ0v) is 8.17. The highest BCUT2D eigenvalue weighted by Gasteiger charge is 2.14. The van der Waals surface area contributed by atoms with Crippen molar-refractivity contribution in [3.05, 3.63) is 17.5 Å². The molecular weight excluding hydrogens is 186 g/mol. The van der Waals surface area contributed by atoms with Crippen LogP contribution < -0.4 is 4.90 Å². The highest BCUT2D eigenvalue weighted by Crippen LogP contribution is 2.22. The fraction of sp³-hybridized carbons (Fsp3) is 0.556. The standard InChI is InChI=1S/C9H12ClN3/c10-8-9(12-5-4-11-8)13-6-2-1-3-7-13/h4-5H,1-3,6-7H2. The number of anilines is 1. The molecule has 3 nitrogen and oxygen atoms in total. The maximum atomic E-state index is 5.94. The van der Waals surface area contributed by atoms with Gasteiger partial charge in [0.15, 0.2) is 11.0 Å². The number of piperidine rings is 1. The molecule has 2 rings (SSSR count). The molecule has 0 amide bonds. The van der Waals surface area contributed by atoms with Crippen molar-refractivity contribution in [3.8, 4) is 0 Å². The molecule has 0 radical (unpaired) electrons. The third-order valence-electron chi connectivity index (χ3n) is 2.29. The van der Waals surface area contributed by atoms with E-state index >= 15 is 0 Å². The van der Waals surface area contributed by atoms with E-state index in [0.29, 0.717) is 5.15 Å². The maximum absolute atomic E-state index is 5.94. The average Bonchev–Trinajstić information content (AvgIpc) is 2.20. The van der Waals surface area contributed by atoms with Crippen LogP contribution in [0.3, 0.4) is 0 Å². The Morgan fingerprint density at radius 2 is 1.77 bits per heavy atom. The molecule has 70 valence electrons. The number of aromatic nitrogens is 2. The fourth-order valence-electron chi connectivity index (χ4n) is 1.63. The van der Waals surface area contributed by atoms with Crippen LogP contribution in [0.15, 0.2) is 12.4 Å². The van der Waals surface area contributed by atoms with Gasteiger partial charge in [-0.1, -0.05) is 11.6 Å². The van der Waals surface area contributed by atoms with E-state index in [2.05, 4.69) is 14.9 Å². The Morgan fingerprint density at radius 1 is 1.08 bits per heavy atom. The number of hydrogen-bond acceptors (Lipinski definition) is 3. The van der Waals surface area contributed by atoms with Gasteiger partial charge < -0.3 is 4.90 Å². The Morgan fingerprint density at radius 3 is 2.46 bits per heavy atom. The van der Waals surface area contributed by atoms with Crippen LogP contribution >= 0.6 is 11.6 Å². The molecule has 2 heterocycles. The average molecular weight is 198 g/mol. The topological polar surface area (TPSA) is 29.0 Å². The van der Waals surface area contributed by atoms with Gasteiger partial charge in [-0.2, -0.15) is 0 Å². The summed E-state index contributed by atoms with van der Waals surface area (Å²) < 4.78 is 0. The van der Waals surface area contributed by atoms with E-state index in [1.54, 1.807) is 12.4 Å². The van der Waals surface area contributed by atoms with Gasteiger partial charge in [-0.15, -0.1) is 0 Å². The van der Waals surface area contributed by atoms with E-state index in [4.69, 9.17) is 11.6 Å². The van der Waals surface area contributed by atoms with E-state index in [9.17, 15) is 0 Å². The molecule has 0 unspecified atom stereocenters. The second-order valence-corrected chi connectivity index (χ2v) is 3.58. The van der Waals surface area contributed by atoms with Gasteiger partial charge in [0, 0.05) is 25.5 Å². The van der Waals surface area contributed by atoms with Crippen LogP contribution in [0.2, 0.25) is 5.15 Å². The van der Waals surface area contributed by atoms with Crippen molar-refractivity contribution < 1.29 is 0 Å². The van der Waals surface area contributed by atoms with Crippen molar-refractivity contribution in [3.63, 3.8) is 0 Å². The van der Waals surface area contributed by atoms with Crippen molar-refractivity contribution in [2.45, 2.75) is 19.3 Å². The predicted molar refractivity (Wildman–Crippen MR) is 53.1 cm³/mol. The van der Waals surface area contributed by atoms with Crippen LogP contribution in [-0.2, 0) is 0 Å². The molecule has 1 aromatic heterocycles. The van der Waals surface area contributed by atoms with Crippen molar-refractivity contribution >= 4 is 17.4 Å². The van der Waals surface area contributed by atoms with Gasteiger partial charge in [0.1, 0.15) is 0 Å². The first-order valence-corrected chi connectivity index (χ1v) is 4.97. The first-order valence-electron chi connectivity index (χ1n) is 4.59. The molecule has 1 aromatic rings. The molecule has 0 aromatic carbocycles. The van der Waals surface area contributed by atoms with Gasteiger partial charge in [-0.25, -0.2) is 9.97 Å². The van der Waals surface area contributed by atoms with Gasteiger partial charge >= 0.3 is 0 Å². The Bertz CT molecular complexity index is 284. The lowest BCUT2D eigenvalue weighted by molar-refractivity contribution is 0.573. The minimum atomic E-state index is 0.518. The minimum Gasteiger partial charge on any atom is -0.354 e. The van der Waals surface area contributed by atoms with E-state index < -0.39 is 0 Å². The summed E-state index contributed by atoms with van der Waals surface area (Å²) in [6, 6.07) is 0. The second-order valence-electron chi connectivity index (χ2n) is 3.22. The quantitative estimate of drug-likeness (QED) is 0.691. The van der Waals surface area contributed by atoms with Crippen molar-refractivity contribution in [1.29, 1.82) is 0 Å². The summed E-state index contributed by atoms with van der Waals surface area (Å²) in [5.41, 5.74) is 0. The first kappa shape index (κ1) is 8.75. The first-order chi connectivity index (χ1) is 6.38. The van der Waals surface area contributed by atoms with Crippen molar-refractivity contribution in [1.82, 2.24) is 9.97 Å². The van der Waals surface area contributed by atoms with Gasteiger partial charge in [0.25, 0.3) is 0 Å². The van der Waals surface area contributed by atoms with Gasteiger partial charge in [0.05, 0.1) is 0 Å². The van der Waals surface area contributed by atoms with E-state index in [0.717, 1.165) is 18.9 Å². The third kappa shape index (κ3) is 1.91. The molecule has 0 atom stereocenters. The monoisotopic (exact) mass is 197 g/mol. The molecule has 1 aliphatic rings. The van der Waals surface area contributed by atoms with Gasteiger partial charge in [-0.3, -0.25) is 0 Å². The smallest absolute Gasteiger partial charge is 0.171 e. The van der Waals surface area contributed by atoms with Crippen LogP contribution in [0, 0.1) is 0 Å². The Labute approximate surface area is 82.8 Å². The van der Waals surface area contributed by atoms with Crippen molar-refractivity contribution in [2.75, 3.05) is 18.0 Å². The van der Waals surface area contributed by atoms with Gasteiger partial charge in [-0.05, 0) is 19.3 Å². The normalized spacial score (nSPS) is 17.5. The van der Waals surface area contributed by atoms with Crippen LogP contribution in [0.1, 0.15) is 19.3 Å². The molecule has 4 heteroatoms. The molecule has 1 fully saturated rings. The summed E-state index contributed by atoms with van der Waals surface area (Å²) in [5.74, 6) is 0.837. The zero-order valence-electron chi connectivity index (χ0n) is 7.41. The summed E-state index contributed by atoms with van der Waals surface area (Å²) in [4.78, 5) is 10.5. The highest BCUT2D eigenvalue weighted by atomic mass is 35.5. The number of nitrogens with zero attached hydrogens (tertiary/aromatic N) is 3. The molecule has 0 aliphatic carbocycles. The molecule has 1 saturated heterocycles. The predicted octanol–water partition coefficient (Wildman–Crippen LogP) is 2.12. The molecule has 0 bridgehead atoms. The molecule has 13 heavy (non-hydrogen) atoms. The Kier molecular flexibility index (Phi) is 2.64. The second kappa shape index (κ2) is 3.92. The van der Waals surface area contributed by atoms with E-state index in [1.807, 2.05) is 0 Å². The number of halogens is 1. The van der Waals surface area contributed by atoms with E-state index in [1.165, 1.54) is 19.3 Å². The Hall–Kier alpha value is -0.830. The summed E-state index contributed by atoms with van der Waals surface area (Å²) in [7, 11) is 0. The molecule has 0 spiro atoms. The van der Waals surface area contributed by atoms with Crippen LogP contribution in [-0.4, -0.2) is 23.1 Å². The van der Waals surface area contributed by atoms with Crippen LogP contribution in [0.25, 0.3) is 0 Å². The summed E-state index contributed by atoms with van der Waals surface area (Å²) in [5, 5.41) is 0.518. The lowest BCUT2D eigenvalue weighted by atomic mass is 10.1. The van der Waals surface area contributed by atoms with Crippen molar-refractivity contribution in [2.24, 2.45) is 0 Å². The molecule has 1 aliphatic heterocycles. The van der Waals surface area contributed by atoms with E-state index in [-0.39, 0.29) is 0 Å².